The maximum Gasteiger partial charge on any atom is 0.248 e. The first kappa shape index (κ1) is 17.2. The number of anilines is 2. The van der Waals surface area contributed by atoms with Gasteiger partial charge in [-0.3, -0.25) is 9.48 Å². The van der Waals surface area contributed by atoms with Gasteiger partial charge < -0.3 is 15.5 Å². The van der Waals surface area contributed by atoms with Crippen LogP contribution in [0.15, 0.2) is 42.7 Å². The number of aromatic nitrogens is 2. The number of carbonyl (C=O) groups excluding carboxylic acids is 1. The average molecular weight is 339 g/mol. The molecule has 0 atom stereocenters. The molecule has 0 saturated carbocycles. The Morgan fingerprint density at radius 1 is 1.20 bits per heavy atom. The Balaban J connectivity index is 1.62. The molecule has 2 aromatic rings. The van der Waals surface area contributed by atoms with Crippen LogP contribution >= 0.6 is 0 Å². The molecule has 6 nitrogen and oxygen atoms in total. The molecule has 3 rings (SSSR count). The van der Waals surface area contributed by atoms with Crippen LogP contribution < -0.4 is 10.6 Å². The van der Waals surface area contributed by atoms with Crippen LogP contribution in [0, 0.1) is 0 Å². The highest BCUT2D eigenvalue weighted by molar-refractivity contribution is 6.03. The molecule has 2 heterocycles. The molecule has 0 unspecified atom stereocenters. The zero-order valence-corrected chi connectivity index (χ0v) is 14.8. The van der Waals surface area contributed by atoms with Crippen LogP contribution in [-0.4, -0.2) is 46.8 Å². The van der Waals surface area contributed by atoms with Gasteiger partial charge in [0.05, 0.1) is 17.6 Å². The van der Waals surface area contributed by atoms with Crippen molar-refractivity contribution in [2.24, 2.45) is 7.05 Å². The van der Waals surface area contributed by atoms with E-state index in [1.165, 1.54) is 6.08 Å². The Kier molecular flexibility index (Phi) is 5.50. The molecule has 1 fully saturated rings. The van der Waals surface area contributed by atoms with Gasteiger partial charge in [0.25, 0.3) is 0 Å². The third-order valence-electron chi connectivity index (χ3n) is 4.42. The lowest BCUT2D eigenvalue weighted by Gasteiger charge is -2.30. The highest BCUT2D eigenvalue weighted by Crippen LogP contribution is 2.24. The molecule has 1 aliphatic rings. The average Bonchev–Trinajstić information content (AvgIpc) is 3.02. The molecule has 0 radical (unpaired) electrons. The SMILES string of the molecule is CN1CCC(Nc2ccccc2NC(=O)C=Cc2cnn(C)c2)CC1. The van der Waals surface area contributed by atoms with E-state index in [1.807, 2.05) is 37.5 Å². The summed E-state index contributed by atoms with van der Waals surface area (Å²) in [6.45, 7) is 2.19. The third-order valence-corrected chi connectivity index (χ3v) is 4.42. The van der Waals surface area contributed by atoms with Gasteiger partial charge in [-0.1, -0.05) is 12.1 Å². The fourth-order valence-corrected chi connectivity index (χ4v) is 2.96. The minimum absolute atomic E-state index is 0.151. The zero-order valence-electron chi connectivity index (χ0n) is 14.8. The monoisotopic (exact) mass is 339 g/mol. The lowest BCUT2D eigenvalue weighted by Crippen LogP contribution is -2.36. The lowest BCUT2D eigenvalue weighted by atomic mass is 10.0. The number of rotatable bonds is 5. The van der Waals surface area contributed by atoms with Crippen LogP contribution in [0.4, 0.5) is 11.4 Å². The number of likely N-dealkylation sites (tertiary alicyclic amines) is 1. The Bertz CT molecular complexity index is 744. The number of carbonyl (C=O) groups is 1. The van der Waals surface area contributed by atoms with E-state index in [0.717, 1.165) is 42.9 Å². The molecule has 0 bridgehead atoms. The van der Waals surface area contributed by atoms with Gasteiger partial charge in [-0.2, -0.15) is 5.10 Å². The van der Waals surface area contributed by atoms with Crippen molar-refractivity contribution >= 4 is 23.4 Å². The summed E-state index contributed by atoms with van der Waals surface area (Å²) in [5.74, 6) is -0.151. The fraction of sp³-hybridized carbons (Fsp3) is 0.368. The summed E-state index contributed by atoms with van der Waals surface area (Å²) >= 11 is 0. The summed E-state index contributed by atoms with van der Waals surface area (Å²) in [6, 6.07) is 8.30. The van der Waals surface area contributed by atoms with Crippen molar-refractivity contribution in [3.05, 3.63) is 48.3 Å². The van der Waals surface area contributed by atoms with E-state index in [4.69, 9.17) is 0 Å². The summed E-state index contributed by atoms with van der Waals surface area (Å²) in [5.41, 5.74) is 2.68. The number of benzene rings is 1. The maximum absolute atomic E-state index is 12.2. The van der Waals surface area contributed by atoms with E-state index in [9.17, 15) is 4.79 Å². The summed E-state index contributed by atoms with van der Waals surface area (Å²) in [4.78, 5) is 14.6. The number of nitrogens with zero attached hydrogens (tertiary/aromatic N) is 3. The normalized spacial score (nSPS) is 16.2. The summed E-state index contributed by atoms with van der Waals surface area (Å²) in [5, 5.41) is 10.6. The van der Waals surface area contributed by atoms with Gasteiger partial charge >= 0.3 is 0 Å². The molecule has 6 heteroatoms. The minimum Gasteiger partial charge on any atom is -0.381 e. The van der Waals surface area contributed by atoms with Crippen molar-refractivity contribution in [3.8, 4) is 0 Å². The summed E-state index contributed by atoms with van der Waals surface area (Å²) < 4.78 is 1.71. The molecular formula is C19H25N5O. The van der Waals surface area contributed by atoms with Crippen LogP contribution in [0.2, 0.25) is 0 Å². The highest BCUT2D eigenvalue weighted by atomic mass is 16.1. The molecule has 1 amide bonds. The maximum atomic E-state index is 12.2. The Morgan fingerprint density at radius 3 is 2.60 bits per heavy atom. The van der Waals surface area contributed by atoms with E-state index in [0.29, 0.717) is 6.04 Å². The van der Waals surface area contributed by atoms with Gasteiger partial charge in [0.15, 0.2) is 0 Å². The summed E-state index contributed by atoms with van der Waals surface area (Å²) in [7, 11) is 4.00. The van der Waals surface area contributed by atoms with Crippen LogP contribution in [0.3, 0.4) is 0 Å². The van der Waals surface area contributed by atoms with E-state index in [-0.39, 0.29) is 5.91 Å². The zero-order chi connectivity index (χ0) is 17.6. The predicted molar refractivity (Wildman–Crippen MR) is 101 cm³/mol. The number of para-hydroxylation sites is 2. The van der Waals surface area contributed by atoms with Gasteiger partial charge in [-0.25, -0.2) is 0 Å². The fourth-order valence-electron chi connectivity index (χ4n) is 2.96. The predicted octanol–water partition coefficient (Wildman–Crippen LogP) is 2.58. The molecule has 0 aliphatic carbocycles. The summed E-state index contributed by atoms with van der Waals surface area (Å²) in [6.07, 6.45) is 9.09. The van der Waals surface area contributed by atoms with Crippen LogP contribution in [0.5, 0.6) is 0 Å². The van der Waals surface area contributed by atoms with Crippen LogP contribution in [0.25, 0.3) is 6.08 Å². The van der Waals surface area contributed by atoms with Crippen molar-refractivity contribution in [2.75, 3.05) is 30.8 Å². The quantitative estimate of drug-likeness (QED) is 0.822. The van der Waals surface area contributed by atoms with E-state index in [2.05, 4.69) is 27.7 Å². The topological polar surface area (TPSA) is 62.2 Å². The second-order valence-electron chi connectivity index (χ2n) is 6.54. The van der Waals surface area contributed by atoms with Gasteiger partial charge in [0.1, 0.15) is 0 Å². The first-order chi connectivity index (χ1) is 12.1. The second-order valence-corrected chi connectivity index (χ2v) is 6.54. The molecule has 1 saturated heterocycles. The van der Waals surface area contributed by atoms with Crippen LogP contribution in [-0.2, 0) is 11.8 Å². The van der Waals surface area contributed by atoms with E-state index < -0.39 is 0 Å². The first-order valence-electron chi connectivity index (χ1n) is 8.62. The van der Waals surface area contributed by atoms with Crippen molar-refractivity contribution in [1.29, 1.82) is 0 Å². The molecule has 1 aliphatic heterocycles. The number of amides is 1. The van der Waals surface area contributed by atoms with Crippen LogP contribution in [0.1, 0.15) is 18.4 Å². The molecule has 1 aromatic carbocycles. The standard InChI is InChI=1S/C19H25N5O/c1-23-11-9-16(10-12-23)21-17-5-3-4-6-18(17)22-19(25)8-7-15-13-20-24(2)14-15/h3-8,13-14,16,21H,9-12H2,1-2H3,(H,22,25). The minimum atomic E-state index is -0.151. The second kappa shape index (κ2) is 7.98. The van der Waals surface area contributed by atoms with Crippen molar-refractivity contribution in [3.63, 3.8) is 0 Å². The van der Waals surface area contributed by atoms with Gasteiger partial charge in [-0.15, -0.1) is 0 Å². The van der Waals surface area contributed by atoms with E-state index >= 15 is 0 Å². The molecule has 25 heavy (non-hydrogen) atoms. The molecular weight excluding hydrogens is 314 g/mol. The number of hydrogen-bond donors (Lipinski definition) is 2. The molecule has 1 aromatic heterocycles. The van der Waals surface area contributed by atoms with Gasteiger partial charge in [0.2, 0.25) is 5.91 Å². The third kappa shape index (κ3) is 4.93. The smallest absolute Gasteiger partial charge is 0.248 e. The number of hydrogen-bond acceptors (Lipinski definition) is 4. The number of nitrogens with one attached hydrogen (secondary N) is 2. The lowest BCUT2D eigenvalue weighted by molar-refractivity contribution is -0.111. The largest absolute Gasteiger partial charge is 0.381 e. The first-order valence-corrected chi connectivity index (χ1v) is 8.62. The molecule has 2 N–H and O–H groups in total. The Labute approximate surface area is 148 Å². The van der Waals surface area contributed by atoms with Crippen molar-refractivity contribution in [1.82, 2.24) is 14.7 Å². The Hall–Kier alpha value is -2.60. The number of aryl methyl sites for hydroxylation is 1. The Morgan fingerprint density at radius 2 is 1.92 bits per heavy atom. The number of piperidine rings is 1. The highest BCUT2D eigenvalue weighted by Gasteiger charge is 2.17. The van der Waals surface area contributed by atoms with Gasteiger partial charge in [0, 0.05) is 30.9 Å². The van der Waals surface area contributed by atoms with Crippen molar-refractivity contribution < 1.29 is 4.79 Å². The van der Waals surface area contributed by atoms with Gasteiger partial charge in [-0.05, 0) is 51.2 Å². The molecule has 132 valence electrons. The molecule has 0 spiro atoms. The van der Waals surface area contributed by atoms with E-state index in [1.54, 1.807) is 17.0 Å². The van der Waals surface area contributed by atoms with Crippen molar-refractivity contribution in [2.45, 2.75) is 18.9 Å².